The maximum atomic E-state index is 5.83. The van der Waals surface area contributed by atoms with Crippen molar-refractivity contribution in [1.29, 1.82) is 0 Å². The minimum atomic E-state index is -0.217. The number of ether oxygens (including phenoxy) is 1. The number of hydrogen-bond donors (Lipinski definition) is 1. The van der Waals surface area contributed by atoms with E-state index in [4.69, 9.17) is 13.6 Å². The molecule has 3 heterocycles. The summed E-state index contributed by atoms with van der Waals surface area (Å²) in [6, 6.07) is 10.2. The van der Waals surface area contributed by atoms with Crippen molar-refractivity contribution in [2.24, 2.45) is 0 Å². The molecule has 0 saturated heterocycles. The standard InChI is InChI=1S/C16H15N3O3/c1-10-6-7-20-14(10)9-17-16-19-18-15(22-16)13-8-11-4-2-3-5-12(11)21-13/h2-7,13H,8-9H2,1H3,(H,17,19)/t13-/m0/s1. The highest BCUT2D eigenvalue weighted by atomic mass is 16.5. The number of fused-ring (bicyclic) bond motifs is 1. The van der Waals surface area contributed by atoms with Crippen LogP contribution in [0.15, 0.2) is 45.4 Å². The Morgan fingerprint density at radius 1 is 1.23 bits per heavy atom. The third-order valence-electron chi connectivity index (χ3n) is 3.73. The van der Waals surface area contributed by atoms with Gasteiger partial charge in [0, 0.05) is 6.42 Å². The molecular weight excluding hydrogens is 282 g/mol. The molecule has 1 N–H and O–H groups in total. The van der Waals surface area contributed by atoms with Crippen LogP contribution in [0.1, 0.15) is 28.9 Å². The molecule has 1 aliphatic rings. The second kappa shape index (κ2) is 5.22. The van der Waals surface area contributed by atoms with Crippen molar-refractivity contribution >= 4 is 6.01 Å². The van der Waals surface area contributed by atoms with Gasteiger partial charge in [-0.1, -0.05) is 23.3 Å². The lowest BCUT2D eigenvalue weighted by molar-refractivity contribution is 0.199. The first-order chi connectivity index (χ1) is 10.8. The first-order valence-corrected chi connectivity index (χ1v) is 7.14. The molecule has 0 saturated carbocycles. The van der Waals surface area contributed by atoms with E-state index in [-0.39, 0.29) is 6.10 Å². The fourth-order valence-electron chi connectivity index (χ4n) is 2.50. The van der Waals surface area contributed by atoms with Crippen LogP contribution in [0.4, 0.5) is 6.01 Å². The Balaban J connectivity index is 1.43. The van der Waals surface area contributed by atoms with Crippen LogP contribution in [-0.2, 0) is 13.0 Å². The Bertz CT molecular complexity index is 768. The largest absolute Gasteiger partial charge is 0.480 e. The summed E-state index contributed by atoms with van der Waals surface area (Å²) in [4.78, 5) is 0. The SMILES string of the molecule is Cc1ccoc1CNc1nnc([C@@H]2Cc3ccccc3O2)o1. The van der Waals surface area contributed by atoms with Gasteiger partial charge in [-0.15, -0.1) is 5.10 Å². The first kappa shape index (κ1) is 12.9. The lowest BCUT2D eigenvalue weighted by atomic mass is 10.1. The van der Waals surface area contributed by atoms with E-state index in [1.54, 1.807) is 6.26 Å². The van der Waals surface area contributed by atoms with Crippen LogP contribution in [0.25, 0.3) is 0 Å². The van der Waals surface area contributed by atoms with E-state index in [1.165, 1.54) is 0 Å². The minimum Gasteiger partial charge on any atom is -0.480 e. The van der Waals surface area contributed by atoms with Gasteiger partial charge in [0.15, 0.2) is 6.10 Å². The second-order valence-corrected chi connectivity index (χ2v) is 5.24. The van der Waals surface area contributed by atoms with Gasteiger partial charge in [0.1, 0.15) is 11.5 Å². The van der Waals surface area contributed by atoms with E-state index < -0.39 is 0 Å². The number of aryl methyl sites for hydroxylation is 1. The van der Waals surface area contributed by atoms with Gasteiger partial charge in [-0.2, -0.15) is 0 Å². The monoisotopic (exact) mass is 297 g/mol. The fraction of sp³-hybridized carbons (Fsp3) is 0.250. The molecule has 0 radical (unpaired) electrons. The molecule has 0 amide bonds. The van der Waals surface area contributed by atoms with Crippen LogP contribution in [0.2, 0.25) is 0 Å². The minimum absolute atomic E-state index is 0.217. The quantitative estimate of drug-likeness (QED) is 0.796. The van der Waals surface area contributed by atoms with Crippen molar-refractivity contribution < 1.29 is 13.6 Å². The fourth-order valence-corrected chi connectivity index (χ4v) is 2.50. The van der Waals surface area contributed by atoms with Crippen molar-refractivity contribution in [2.75, 3.05) is 5.32 Å². The average Bonchev–Trinajstić information content (AvgIpc) is 3.24. The molecule has 3 aromatic rings. The van der Waals surface area contributed by atoms with Gasteiger partial charge in [0.05, 0.1) is 12.8 Å². The Kier molecular flexibility index (Phi) is 3.07. The van der Waals surface area contributed by atoms with E-state index in [1.807, 2.05) is 37.3 Å². The molecule has 112 valence electrons. The lowest BCUT2D eigenvalue weighted by Gasteiger charge is -2.04. The summed E-state index contributed by atoms with van der Waals surface area (Å²) in [5.74, 6) is 2.21. The summed E-state index contributed by atoms with van der Waals surface area (Å²) in [6.45, 7) is 2.50. The van der Waals surface area contributed by atoms with E-state index in [9.17, 15) is 0 Å². The Hall–Kier alpha value is -2.76. The molecule has 0 fully saturated rings. The van der Waals surface area contributed by atoms with Crippen LogP contribution in [0, 0.1) is 6.92 Å². The van der Waals surface area contributed by atoms with Crippen LogP contribution < -0.4 is 10.1 Å². The predicted octanol–water partition coefficient (Wildman–Crippen LogP) is 3.26. The summed E-state index contributed by atoms with van der Waals surface area (Å²) < 4.78 is 16.8. The van der Waals surface area contributed by atoms with Crippen LogP contribution in [-0.4, -0.2) is 10.2 Å². The number of furan rings is 1. The van der Waals surface area contributed by atoms with Crippen LogP contribution >= 0.6 is 0 Å². The molecule has 1 atom stereocenters. The summed E-state index contributed by atoms with van der Waals surface area (Å²) in [7, 11) is 0. The molecule has 0 bridgehead atoms. The average molecular weight is 297 g/mol. The highest BCUT2D eigenvalue weighted by Gasteiger charge is 2.28. The normalized spacial score (nSPS) is 16.3. The van der Waals surface area contributed by atoms with Gasteiger partial charge in [0.2, 0.25) is 0 Å². The first-order valence-electron chi connectivity index (χ1n) is 7.14. The van der Waals surface area contributed by atoms with Gasteiger partial charge in [0.25, 0.3) is 5.89 Å². The summed E-state index contributed by atoms with van der Waals surface area (Å²) in [5, 5.41) is 11.1. The topological polar surface area (TPSA) is 73.3 Å². The third-order valence-corrected chi connectivity index (χ3v) is 3.73. The molecule has 0 unspecified atom stereocenters. The molecule has 6 heteroatoms. The zero-order valence-electron chi connectivity index (χ0n) is 12.1. The van der Waals surface area contributed by atoms with Crippen molar-refractivity contribution in [3.8, 4) is 5.75 Å². The number of anilines is 1. The molecule has 6 nitrogen and oxygen atoms in total. The summed E-state index contributed by atoms with van der Waals surface area (Å²) in [6.07, 6.45) is 2.19. The predicted molar refractivity (Wildman–Crippen MR) is 78.6 cm³/mol. The van der Waals surface area contributed by atoms with Gasteiger partial charge >= 0.3 is 6.01 Å². The number of nitrogens with zero attached hydrogens (tertiary/aromatic N) is 2. The number of rotatable bonds is 4. The van der Waals surface area contributed by atoms with Crippen molar-refractivity contribution in [2.45, 2.75) is 26.0 Å². The molecule has 1 aromatic carbocycles. The molecule has 2 aromatic heterocycles. The van der Waals surface area contributed by atoms with Gasteiger partial charge in [-0.25, -0.2) is 0 Å². The van der Waals surface area contributed by atoms with Crippen molar-refractivity contribution in [1.82, 2.24) is 10.2 Å². The van der Waals surface area contributed by atoms with E-state index >= 15 is 0 Å². The molecule has 22 heavy (non-hydrogen) atoms. The van der Waals surface area contributed by atoms with Gasteiger partial charge in [-0.3, -0.25) is 0 Å². The Labute approximate surface area is 127 Å². The third kappa shape index (κ3) is 2.32. The number of hydrogen-bond acceptors (Lipinski definition) is 6. The zero-order chi connectivity index (χ0) is 14.9. The molecule has 0 spiro atoms. The van der Waals surface area contributed by atoms with E-state index in [0.717, 1.165) is 29.1 Å². The smallest absolute Gasteiger partial charge is 0.315 e. The van der Waals surface area contributed by atoms with Crippen LogP contribution in [0.3, 0.4) is 0 Å². The van der Waals surface area contributed by atoms with Crippen molar-refractivity contribution in [3.63, 3.8) is 0 Å². The highest BCUT2D eigenvalue weighted by Crippen LogP contribution is 2.36. The summed E-state index contributed by atoms with van der Waals surface area (Å²) in [5.41, 5.74) is 2.24. The zero-order valence-corrected chi connectivity index (χ0v) is 12.1. The Morgan fingerprint density at radius 2 is 2.14 bits per heavy atom. The molecule has 4 rings (SSSR count). The number of benzene rings is 1. The molecule has 1 aliphatic heterocycles. The maximum absolute atomic E-state index is 5.83. The number of aromatic nitrogens is 2. The number of nitrogens with one attached hydrogen (secondary N) is 1. The maximum Gasteiger partial charge on any atom is 0.315 e. The highest BCUT2D eigenvalue weighted by molar-refractivity contribution is 5.38. The molecular formula is C16H15N3O3. The van der Waals surface area contributed by atoms with Gasteiger partial charge < -0.3 is 18.9 Å². The summed E-state index contributed by atoms with van der Waals surface area (Å²) >= 11 is 0. The Morgan fingerprint density at radius 3 is 2.95 bits per heavy atom. The van der Waals surface area contributed by atoms with Crippen molar-refractivity contribution in [3.05, 3.63) is 59.4 Å². The van der Waals surface area contributed by atoms with Gasteiger partial charge in [-0.05, 0) is 30.2 Å². The lowest BCUT2D eigenvalue weighted by Crippen LogP contribution is -2.03. The van der Waals surface area contributed by atoms with E-state index in [0.29, 0.717) is 18.5 Å². The molecule has 0 aliphatic carbocycles. The van der Waals surface area contributed by atoms with Crippen LogP contribution in [0.5, 0.6) is 5.75 Å². The second-order valence-electron chi connectivity index (χ2n) is 5.24. The number of para-hydroxylation sites is 1. The van der Waals surface area contributed by atoms with E-state index in [2.05, 4.69) is 15.5 Å².